The minimum Gasteiger partial charge on any atom is -0.490 e. The van der Waals surface area contributed by atoms with Crippen LogP contribution in [0.1, 0.15) is 18.4 Å². The molecule has 0 radical (unpaired) electrons. The van der Waals surface area contributed by atoms with Gasteiger partial charge >= 0.3 is 12.1 Å². The van der Waals surface area contributed by atoms with Crippen molar-refractivity contribution < 1.29 is 24.2 Å². The summed E-state index contributed by atoms with van der Waals surface area (Å²) in [6.45, 7) is 4.66. The lowest BCUT2D eigenvalue weighted by molar-refractivity contribution is -0.141. The highest BCUT2D eigenvalue weighted by molar-refractivity contribution is 5.72. The van der Waals surface area contributed by atoms with Crippen LogP contribution in [0.2, 0.25) is 0 Å². The zero-order valence-electron chi connectivity index (χ0n) is 12.9. The molecule has 1 fully saturated rings. The topological polar surface area (TPSA) is 76.1 Å². The first-order valence-electron chi connectivity index (χ1n) is 7.58. The molecule has 0 spiro atoms. The van der Waals surface area contributed by atoms with Gasteiger partial charge in [0.1, 0.15) is 18.5 Å². The van der Waals surface area contributed by atoms with E-state index in [0.29, 0.717) is 31.7 Å². The third-order valence-electron chi connectivity index (χ3n) is 3.62. The Hall–Kier alpha value is -2.50. The van der Waals surface area contributed by atoms with Crippen molar-refractivity contribution in [3.63, 3.8) is 0 Å². The lowest BCUT2D eigenvalue weighted by Gasteiger charge is -2.30. The molecule has 1 N–H and O–H groups in total. The van der Waals surface area contributed by atoms with Gasteiger partial charge in [0, 0.05) is 25.9 Å². The van der Waals surface area contributed by atoms with Crippen molar-refractivity contribution >= 4 is 12.1 Å². The summed E-state index contributed by atoms with van der Waals surface area (Å²) in [4.78, 5) is 23.9. The number of carboxylic acid groups (broad SMARTS) is 1. The number of piperidine rings is 1. The molecule has 1 aliphatic rings. The number of carbonyl (C=O) groups is 2. The van der Waals surface area contributed by atoms with Crippen LogP contribution in [0.3, 0.4) is 0 Å². The Balaban J connectivity index is 1.86. The molecule has 0 saturated carbocycles. The molecule has 0 bridgehead atoms. The van der Waals surface area contributed by atoms with Crippen LogP contribution in [0.15, 0.2) is 36.9 Å². The van der Waals surface area contributed by atoms with Crippen LogP contribution in [0, 0.1) is 0 Å². The number of nitrogens with zero attached hydrogens (tertiary/aromatic N) is 1. The van der Waals surface area contributed by atoms with Crippen LogP contribution in [0.5, 0.6) is 5.75 Å². The molecule has 1 amide bonds. The summed E-state index contributed by atoms with van der Waals surface area (Å²) in [6.07, 6.45) is 2.15. The number of esters is 1. The second-order valence-electron chi connectivity index (χ2n) is 5.38. The second kappa shape index (κ2) is 8.22. The van der Waals surface area contributed by atoms with Gasteiger partial charge in [0.25, 0.3) is 0 Å². The smallest absolute Gasteiger partial charge is 0.407 e. The first-order valence-corrected chi connectivity index (χ1v) is 7.58. The second-order valence-corrected chi connectivity index (χ2v) is 5.38. The van der Waals surface area contributed by atoms with Gasteiger partial charge in [-0.05, 0) is 17.7 Å². The molecule has 0 aliphatic carbocycles. The number of likely N-dealkylation sites (tertiary alicyclic amines) is 1. The van der Waals surface area contributed by atoms with Crippen molar-refractivity contribution in [2.24, 2.45) is 0 Å². The number of benzene rings is 1. The van der Waals surface area contributed by atoms with E-state index in [2.05, 4.69) is 6.58 Å². The van der Waals surface area contributed by atoms with Gasteiger partial charge in [-0.2, -0.15) is 0 Å². The Labute approximate surface area is 135 Å². The monoisotopic (exact) mass is 319 g/mol. The van der Waals surface area contributed by atoms with E-state index in [1.807, 2.05) is 24.3 Å². The highest BCUT2D eigenvalue weighted by Gasteiger charge is 2.23. The van der Waals surface area contributed by atoms with E-state index in [9.17, 15) is 9.59 Å². The number of ether oxygens (including phenoxy) is 2. The molecule has 1 aromatic carbocycles. The van der Waals surface area contributed by atoms with E-state index in [4.69, 9.17) is 14.6 Å². The van der Waals surface area contributed by atoms with Gasteiger partial charge in [0.05, 0.1) is 6.42 Å². The Morgan fingerprint density at radius 2 is 2.09 bits per heavy atom. The largest absolute Gasteiger partial charge is 0.490 e. The summed E-state index contributed by atoms with van der Waals surface area (Å²) in [6, 6.07) is 7.33. The molecule has 1 aromatic rings. The summed E-state index contributed by atoms with van der Waals surface area (Å²) in [7, 11) is 0. The maximum absolute atomic E-state index is 11.6. The van der Waals surface area contributed by atoms with E-state index >= 15 is 0 Å². The zero-order chi connectivity index (χ0) is 16.7. The highest BCUT2D eigenvalue weighted by Crippen LogP contribution is 2.20. The van der Waals surface area contributed by atoms with E-state index in [1.165, 1.54) is 11.0 Å². The van der Waals surface area contributed by atoms with Crippen LogP contribution in [-0.2, 0) is 16.0 Å². The summed E-state index contributed by atoms with van der Waals surface area (Å²) in [5.41, 5.74) is 0.819. The van der Waals surface area contributed by atoms with Gasteiger partial charge in [-0.25, -0.2) is 4.79 Å². The maximum atomic E-state index is 11.6. The van der Waals surface area contributed by atoms with Crippen LogP contribution in [0.4, 0.5) is 4.79 Å². The van der Waals surface area contributed by atoms with Gasteiger partial charge < -0.3 is 19.5 Å². The normalized spacial score (nSPS) is 15.0. The van der Waals surface area contributed by atoms with Crippen LogP contribution >= 0.6 is 0 Å². The number of amides is 1. The average molecular weight is 319 g/mol. The van der Waals surface area contributed by atoms with E-state index in [-0.39, 0.29) is 25.1 Å². The van der Waals surface area contributed by atoms with Crippen molar-refractivity contribution in [3.8, 4) is 5.75 Å². The van der Waals surface area contributed by atoms with Crippen molar-refractivity contribution in [2.45, 2.75) is 25.4 Å². The lowest BCUT2D eigenvalue weighted by atomic mass is 10.1. The molecule has 1 aliphatic heterocycles. The van der Waals surface area contributed by atoms with Gasteiger partial charge in [0.2, 0.25) is 0 Å². The SMILES string of the molecule is C=CCOC(=O)Cc1cccc(OC2CCN(C(=O)O)CC2)c1. The highest BCUT2D eigenvalue weighted by atomic mass is 16.5. The molecule has 6 nitrogen and oxygen atoms in total. The molecular formula is C17H21NO5. The summed E-state index contributed by atoms with van der Waals surface area (Å²) in [5, 5.41) is 8.93. The third kappa shape index (κ3) is 5.32. The van der Waals surface area contributed by atoms with Gasteiger partial charge in [-0.3, -0.25) is 4.79 Å². The zero-order valence-corrected chi connectivity index (χ0v) is 12.9. The van der Waals surface area contributed by atoms with Crippen molar-refractivity contribution in [2.75, 3.05) is 19.7 Å². The fourth-order valence-corrected chi connectivity index (χ4v) is 2.46. The molecule has 0 atom stereocenters. The number of rotatable bonds is 6. The number of carbonyl (C=O) groups excluding carboxylic acids is 1. The third-order valence-corrected chi connectivity index (χ3v) is 3.62. The number of hydrogen-bond donors (Lipinski definition) is 1. The Bertz CT molecular complexity index is 564. The van der Waals surface area contributed by atoms with Crippen molar-refractivity contribution in [1.82, 2.24) is 4.90 Å². The standard InChI is InChI=1S/C17H21NO5/c1-2-10-22-16(19)12-13-4-3-5-15(11-13)23-14-6-8-18(9-7-14)17(20)21/h2-5,11,14H,1,6-10,12H2,(H,20,21). The minimum absolute atomic E-state index is 0.00596. The fourth-order valence-electron chi connectivity index (χ4n) is 2.46. The van der Waals surface area contributed by atoms with Gasteiger partial charge in [-0.1, -0.05) is 24.8 Å². The van der Waals surface area contributed by atoms with Crippen LogP contribution < -0.4 is 4.74 Å². The quantitative estimate of drug-likeness (QED) is 0.644. The molecule has 2 rings (SSSR count). The van der Waals surface area contributed by atoms with E-state index in [0.717, 1.165) is 5.56 Å². The van der Waals surface area contributed by atoms with Gasteiger partial charge in [-0.15, -0.1) is 0 Å². The molecule has 6 heteroatoms. The summed E-state index contributed by atoms with van der Waals surface area (Å²) >= 11 is 0. The Kier molecular flexibility index (Phi) is 6.02. The summed E-state index contributed by atoms with van der Waals surface area (Å²) in [5.74, 6) is 0.379. The first-order chi connectivity index (χ1) is 11.1. The molecule has 1 saturated heterocycles. The minimum atomic E-state index is -0.886. The van der Waals surface area contributed by atoms with Crippen molar-refractivity contribution in [3.05, 3.63) is 42.5 Å². The predicted octanol–water partition coefficient (Wildman–Crippen LogP) is 2.48. The number of hydrogen-bond acceptors (Lipinski definition) is 4. The molecular weight excluding hydrogens is 298 g/mol. The molecule has 124 valence electrons. The first kappa shape index (κ1) is 16.9. The Morgan fingerprint density at radius 3 is 2.74 bits per heavy atom. The molecule has 0 unspecified atom stereocenters. The fraction of sp³-hybridized carbons (Fsp3) is 0.412. The van der Waals surface area contributed by atoms with E-state index < -0.39 is 6.09 Å². The molecule has 1 heterocycles. The molecule has 23 heavy (non-hydrogen) atoms. The van der Waals surface area contributed by atoms with E-state index in [1.54, 1.807) is 0 Å². The van der Waals surface area contributed by atoms with Crippen LogP contribution in [0.25, 0.3) is 0 Å². The predicted molar refractivity (Wildman–Crippen MR) is 84.5 cm³/mol. The lowest BCUT2D eigenvalue weighted by Crippen LogP contribution is -2.41. The molecule has 0 aromatic heterocycles. The maximum Gasteiger partial charge on any atom is 0.407 e. The van der Waals surface area contributed by atoms with Crippen LogP contribution in [-0.4, -0.2) is 47.9 Å². The van der Waals surface area contributed by atoms with Crippen molar-refractivity contribution in [1.29, 1.82) is 0 Å². The Morgan fingerprint density at radius 1 is 1.35 bits per heavy atom. The summed E-state index contributed by atoms with van der Waals surface area (Å²) < 4.78 is 10.9. The average Bonchev–Trinajstić information content (AvgIpc) is 2.54. The van der Waals surface area contributed by atoms with Gasteiger partial charge in [0.15, 0.2) is 0 Å².